The molecule has 0 aliphatic heterocycles. The normalized spacial score (nSPS) is 10.1. The summed E-state index contributed by atoms with van der Waals surface area (Å²) in [5.74, 6) is 0. The summed E-state index contributed by atoms with van der Waals surface area (Å²) >= 11 is 9.02. The fourth-order valence-corrected chi connectivity index (χ4v) is 1.41. The predicted molar refractivity (Wildman–Crippen MR) is 60.2 cm³/mol. The molecule has 0 saturated heterocycles. The molecule has 4 heteroatoms. The van der Waals surface area contributed by atoms with E-state index < -0.39 is 0 Å². The third-order valence-corrected chi connectivity index (χ3v) is 2.42. The van der Waals surface area contributed by atoms with E-state index in [4.69, 9.17) is 11.6 Å². The van der Waals surface area contributed by atoms with E-state index in [1.807, 2.05) is 24.3 Å². The second-order valence-electron chi connectivity index (χ2n) is 2.73. The lowest BCUT2D eigenvalue weighted by Gasteiger charge is -1.99. The van der Waals surface area contributed by atoms with Crippen molar-refractivity contribution in [1.29, 1.82) is 0 Å². The summed E-state index contributed by atoms with van der Waals surface area (Å²) in [5.41, 5.74) is 1.85. The van der Waals surface area contributed by atoms with Crippen LogP contribution in [-0.2, 0) is 0 Å². The summed E-state index contributed by atoms with van der Waals surface area (Å²) in [6.45, 7) is 0. The van der Waals surface area contributed by atoms with Crippen LogP contribution in [0.1, 0.15) is 0 Å². The minimum atomic E-state index is 0.721. The topological polar surface area (TPSA) is 25.8 Å². The summed E-state index contributed by atoms with van der Waals surface area (Å²) < 4.78 is 0.732. The highest BCUT2D eigenvalue weighted by Gasteiger charge is 1.98. The van der Waals surface area contributed by atoms with Crippen LogP contribution in [0.15, 0.2) is 41.3 Å². The van der Waals surface area contributed by atoms with E-state index in [0.717, 1.165) is 20.9 Å². The number of aromatic nitrogens is 2. The first-order valence-electron chi connectivity index (χ1n) is 3.99. The van der Waals surface area contributed by atoms with Crippen LogP contribution in [0.2, 0.25) is 5.02 Å². The maximum atomic E-state index is 5.78. The first kappa shape index (κ1) is 9.62. The van der Waals surface area contributed by atoms with Gasteiger partial charge in [-0.2, -0.15) is 0 Å². The van der Waals surface area contributed by atoms with Crippen molar-refractivity contribution >= 4 is 27.5 Å². The lowest BCUT2D eigenvalue weighted by atomic mass is 10.2. The Morgan fingerprint density at radius 1 is 1.00 bits per heavy atom. The van der Waals surface area contributed by atoms with Gasteiger partial charge in [0.1, 0.15) is 4.60 Å². The van der Waals surface area contributed by atoms with Crippen LogP contribution in [-0.4, -0.2) is 9.97 Å². The van der Waals surface area contributed by atoms with Crippen LogP contribution in [0.25, 0.3) is 11.3 Å². The molecule has 0 aliphatic rings. The molecule has 70 valence electrons. The standard InChI is InChI=1S/C10H6BrClN2/c11-10-6-13-9(5-14-10)7-1-3-8(12)4-2-7/h1-6H. The summed E-state index contributed by atoms with van der Waals surface area (Å²) in [6, 6.07) is 7.50. The van der Waals surface area contributed by atoms with Crippen LogP contribution >= 0.6 is 27.5 Å². The third-order valence-electron chi connectivity index (χ3n) is 1.76. The monoisotopic (exact) mass is 268 g/mol. The highest BCUT2D eigenvalue weighted by atomic mass is 79.9. The Morgan fingerprint density at radius 3 is 2.29 bits per heavy atom. The predicted octanol–water partition coefficient (Wildman–Crippen LogP) is 3.56. The van der Waals surface area contributed by atoms with Crippen molar-refractivity contribution in [3.05, 3.63) is 46.3 Å². The number of hydrogen-bond donors (Lipinski definition) is 0. The molecule has 2 rings (SSSR count). The van der Waals surface area contributed by atoms with Gasteiger partial charge in [-0.05, 0) is 28.1 Å². The van der Waals surface area contributed by atoms with Crippen LogP contribution in [0.4, 0.5) is 0 Å². The lowest BCUT2D eigenvalue weighted by Crippen LogP contribution is -1.85. The Labute approximate surface area is 95.1 Å². The van der Waals surface area contributed by atoms with Gasteiger partial charge in [-0.25, -0.2) is 4.98 Å². The van der Waals surface area contributed by atoms with Crippen molar-refractivity contribution in [2.45, 2.75) is 0 Å². The van der Waals surface area contributed by atoms with Crippen molar-refractivity contribution in [2.75, 3.05) is 0 Å². The van der Waals surface area contributed by atoms with E-state index in [-0.39, 0.29) is 0 Å². The summed E-state index contributed by atoms with van der Waals surface area (Å²) in [5, 5.41) is 0.721. The quantitative estimate of drug-likeness (QED) is 0.791. The van der Waals surface area contributed by atoms with Gasteiger partial charge in [-0.1, -0.05) is 23.7 Å². The van der Waals surface area contributed by atoms with Gasteiger partial charge in [0.15, 0.2) is 0 Å². The molecule has 0 N–H and O–H groups in total. The van der Waals surface area contributed by atoms with Crippen LogP contribution in [0.3, 0.4) is 0 Å². The second kappa shape index (κ2) is 4.07. The molecule has 1 aromatic carbocycles. The Kier molecular flexibility index (Phi) is 2.79. The molecule has 0 radical (unpaired) electrons. The average Bonchev–Trinajstić information content (AvgIpc) is 2.21. The van der Waals surface area contributed by atoms with Gasteiger partial charge >= 0.3 is 0 Å². The molecular weight excluding hydrogens is 263 g/mol. The molecular formula is C10H6BrClN2. The lowest BCUT2D eigenvalue weighted by molar-refractivity contribution is 1.17. The SMILES string of the molecule is Clc1ccc(-c2cnc(Br)cn2)cc1. The molecule has 2 nitrogen and oxygen atoms in total. The number of rotatable bonds is 1. The molecule has 0 fully saturated rings. The molecule has 0 spiro atoms. The average molecular weight is 270 g/mol. The highest BCUT2D eigenvalue weighted by molar-refractivity contribution is 9.10. The van der Waals surface area contributed by atoms with Crippen molar-refractivity contribution in [3.8, 4) is 11.3 Å². The van der Waals surface area contributed by atoms with Gasteiger partial charge in [0.05, 0.1) is 18.1 Å². The van der Waals surface area contributed by atoms with Crippen molar-refractivity contribution in [2.24, 2.45) is 0 Å². The molecule has 0 atom stereocenters. The van der Waals surface area contributed by atoms with E-state index in [2.05, 4.69) is 25.9 Å². The molecule has 1 aromatic heterocycles. The zero-order chi connectivity index (χ0) is 9.97. The third kappa shape index (κ3) is 2.11. The Hall–Kier alpha value is -0.930. The molecule has 0 saturated carbocycles. The summed E-state index contributed by atoms with van der Waals surface area (Å²) in [4.78, 5) is 8.32. The van der Waals surface area contributed by atoms with E-state index in [1.165, 1.54) is 0 Å². The molecule has 0 bridgehead atoms. The smallest absolute Gasteiger partial charge is 0.124 e. The second-order valence-corrected chi connectivity index (χ2v) is 3.98. The van der Waals surface area contributed by atoms with Crippen LogP contribution < -0.4 is 0 Å². The van der Waals surface area contributed by atoms with E-state index in [0.29, 0.717) is 0 Å². The Balaban J connectivity index is 2.40. The summed E-state index contributed by atoms with van der Waals surface area (Å²) in [7, 11) is 0. The largest absolute Gasteiger partial charge is 0.252 e. The number of benzene rings is 1. The molecule has 14 heavy (non-hydrogen) atoms. The first-order valence-corrected chi connectivity index (χ1v) is 5.16. The zero-order valence-electron chi connectivity index (χ0n) is 7.11. The minimum Gasteiger partial charge on any atom is -0.252 e. The molecule has 2 aromatic rings. The van der Waals surface area contributed by atoms with Crippen molar-refractivity contribution in [3.63, 3.8) is 0 Å². The van der Waals surface area contributed by atoms with Crippen LogP contribution in [0, 0.1) is 0 Å². The van der Waals surface area contributed by atoms with Gasteiger partial charge < -0.3 is 0 Å². The van der Waals surface area contributed by atoms with Gasteiger partial charge in [0, 0.05) is 10.6 Å². The number of nitrogens with zero attached hydrogens (tertiary/aromatic N) is 2. The Morgan fingerprint density at radius 2 is 1.71 bits per heavy atom. The fourth-order valence-electron chi connectivity index (χ4n) is 1.08. The van der Waals surface area contributed by atoms with Crippen LogP contribution in [0.5, 0.6) is 0 Å². The number of halogens is 2. The van der Waals surface area contributed by atoms with Gasteiger partial charge in [-0.15, -0.1) is 0 Å². The molecule has 0 amide bonds. The van der Waals surface area contributed by atoms with Crippen molar-refractivity contribution < 1.29 is 0 Å². The highest BCUT2D eigenvalue weighted by Crippen LogP contribution is 2.19. The van der Waals surface area contributed by atoms with Crippen molar-refractivity contribution in [1.82, 2.24) is 9.97 Å². The maximum absolute atomic E-state index is 5.78. The summed E-state index contributed by atoms with van der Waals surface area (Å²) in [6.07, 6.45) is 3.39. The van der Waals surface area contributed by atoms with Gasteiger partial charge in [-0.3, -0.25) is 4.98 Å². The molecule has 0 unspecified atom stereocenters. The fraction of sp³-hybridized carbons (Fsp3) is 0. The first-order chi connectivity index (χ1) is 6.75. The Bertz CT molecular complexity index is 381. The zero-order valence-corrected chi connectivity index (χ0v) is 9.46. The van der Waals surface area contributed by atoms with Gasteiger partial charge in [0.2, 0.25) is 0 Å². The number of hydrogen-bond acceptors (Lipinski definition) is 2. The maximum Gasteiger partial charge on any atom is 0.124 e. The van der Waals surface area contributed by atoms with E-state index in [1.54, 1.807) is 12.4 Å². The molecule has 1 heterocycles. The minimum absolute atomic E-state index is 0.721. The van der Waals surface area contributed by atoms with E-state index in [9.17, 15) is 0 Å². The molecule has 0 aliphatic carbocycles. The van der Waals surface area contributed by atoms with Gasteiger partial charge in [0.25, 0.3) is 0 Å². The van der Waals surface area contributed by atoms with E-state index >= 15 is 0 Å².